The number of hydrogen-bond donors (Lipinski definition) is 6. The van der Waals surface area contributed by atoms with E-state index in [0.29, 0.717) is 42.4 Å². The number of rotatable bonds is 15. The van der Waals surface area contributed by atoms with E-state index < -0.39 is 10.8 Å². The predicted octanol–water partition coefficient (Wildman–Crippen LogP) is 21.7. The molecule has 86 heavy (non-hydrogen) atoms. The van der Waals surface area contributed by atoms with E-state index in [-0.39, 0.29) is 57.7 Å². The molecular weight excluding hydrogens is 1060 g/mol. The first-order valence-electron chi connectivity index (χ1n) is 33.4. The van der Waals surface area contributed by atoms with E-state index in [2.05, 4.69) is 159 Å². The third-order valence-corrected chi connectivity index (χ3v) is 21.4. The minimum Gasteiger partial charge on any atom is -0.508 e. The Morgan fingerprint density at radius 3 is 1.00 bits per heavy atom. The average molecular weight is 1170 g/mol. The first kappa shape index (κ1) is 64.6. The molecule has 6 aromatic rings. The molecule has 2 atom stereocenters. The zero-order valence-electron chi connectivity index (χ0n) is 55.8. The summed E-state index contributed by atoms with van der Waals surface area (Å²) in [7, 11) is 0. The Kier molecular flexibility index (Phi) is 19.0. The number of aryl methyl sites for hydroxylation is 6. The van der Waals surface area contributed by atoms with E-state index in [9.17, 15) is 30.6 Å². The molecule has 0 saturated heterocycles. The van der Waals surface area contributed by atoms with Crippen LogP contribution in [0.15, 0.2) is 72.8 Å². The molecule has 0 bridgehead atoms. The van der Waals surface area contributed by atoms with Gasteiger partial charge in [0.05, 0.1) is 0 Å². The molecule has 6 heteroatoms. The highest BCUT2D eigenvalue weighted by Gasteiger charge is 2.45. The van der Waals surface area contributed by atoms with Crippen LogP contribution in [0.4, 0.5) is 0 Å². The van der Waals surface area contributed by atoms with Gasteiger partial charge in [0.2, 0.25) is 0 Å². The standard InChI is InChI=1S/C80H108O6/c1-47-32-71(81)62(54-26-20-17-21-27-54)39-58(47)53(7)45-80(66-43-63(72(82)36-51(66)5)55-28-22-18-23-29-55,67-44-64(73(83)37-52(67)6)56-30-24-19-25-31-56)46-57(59-40-68(77(8,9)10)74(84)33-48(59)2)38-65(60-41-69(78(11,12)13)75(85)34-49(60)3)61-42-70(79(14,15)16)76(86)35-50(61)4/h32-37,39-44,53-57,65,81-86H,17-31,38,45-46H2,1-16H3. The molecule has 6 nitrogen and oxygen atoms in total. The van der Waals surface area contributed by atoms with Gasteiger partial charge in [-0.05, 0) is 282 Å². The van der Waals surface area contributed by atoms with E-state index >= 15 is 0 Å². The maximum absolute atomic E-state index is 12.4. The van der Waals surface area contributed by atoms with Gasteiger partial charge >= 0.3 is 0 Å². The smallest absolute Gasteiger partial charge is 0.119 e. The predicted molar refractivity (Wildman–Crippen MR) is 358 cm³/mol. The van der Waals surface area contributed by atoms with Crippen LogP contribution in [0.3, 0.4) is 0 Å². The van der Waals surface area contributed by atoms with Crippen molar-refractivity contribution in [2.75, 3.05) is 0 Å². The highest BCUT2D eigenvalue weighted by molar-refractivity contribution is 5.59. The van der Waals surface area contributed by atoms with E-state index in [1.807, 2.05) is 24.3 Å². The molecule has 0 radical (unpaired) electrons. The van der Waals surface area contributed by atoms with Crippen LogP contribution < -0.4 is 0 Å². The van der Waals surface area contributed by atoms with Crippen LogP contribution in [0, 0.1) is 41.5 Å². The molecule has 0 amide bonds. The molecule has 3 saturated carbocycles. The summed E-state index contributed by atoms with van der Waals surface area (Å²) in [6, 6.07) is 26.2. The van der Waals surface area contributed by atoms with Gasteiger partial charge in [0, 0.05) is 11.3 Å². The number of phenolic OH excluding ortho intramolecular Hbond substituents is 6. The van der Waals surface area contributed by atoms with Crippen molar-refractivity contribution in [1.82, 2.24) is 0 Å². The second-order valence-corrected chi connectivity index (χ2v) is 31.0. The van der Waals surface area contributed by atoms with E-state index in [4.69, 9.17) is 0 Å². The van der Waals surface area contributed by atoms with Crippen molar-refractivity contribution in [3.05, 3.63) is 173 Å². The van der Waals surface area contributed by atoms with E-state index in [0.717, 1.165) is 155 Å². The first-order chi connectivity index (χ1) is 40.4. The summed E-state index contributed by atoms with van der Waals surface area (Å²) in [6.07, 6.45) is 18.7. The third kappa shape index (κ3) is 13.4. The Balaban J connectivity index is 1.43. The van der Waals surface area contributed by atoms with Crippen LogP contribution in [-0.2, 0) is 21.7 Å². The summed E-state index contributed by atoms with van der Waals surface area (Å²) in [4.78, 5) is 0. The van der Waals surface area contributed by atoms with Crippen molar-refractivity contribution in [1.29, 1.82) is 0 Å². The quantitative estimate of drug-likeness (QED) is 0.0609. The fourth-order valence-electron chi connectivity index (χ4n) is 16.8. The second kappa shape index (κ2) is 25.3. The maximum Gasteiger partial charge on any atom is 0.119 e. The zero-order valence-corrected chi connectivity index (χ0v) is 55.8. The van der Waals surface area contributed by atoms with Crippen molar-refractivity contribution in [3.8, 4) is 34.5 Å². The minimum absolute atomic E-state index is 0.0273. The first-order valence-corrected chi connectivity index (χ1v) is 33.4. The van der Waals surface area contributed by atoms with Gasteiger partial charge in [-0.3, -0.25) is 0 Å². The van der Waals surface area contributed by atoms with Crippen LogP contribution in [0.2, 0.25) is 0 Å². The van der Waals surface area contributed by atoms with Crippen LogP contribution in [-0.4, -0.2) is 30.6 Å². The fourth-order valence-corrected chi connectivity index (χ4v) is 16.8. The van der Waals surface area contributed by atoms with Crippen LogP contribution in [0.5, 0.6) is 34.5 Å². The molecule has 9 rings (SSSR count). The molecule has 0 spiro atoms. The second-order valence-electron chi connectivity index (χ2n) is 31.0. The fraction of sp³-hybridized carbons (Fsp3) is 0.550. The Bertz CT molecular complexity index is 3270. The van der Waals surface area contributed by atoms with Crippen molar-refractivity contribution in [2.45, 2.75) is 284 Å². The van der Waals surface area contributed by atoms with Crippen molar-refractivity contribution < 1.29 is 30.6 Å². The Morgan fingerprint density at radius 2 is 0.640 bits per heavy atom. The van der Waals surface area contributed by atoms with Gasteiger partial charge in [0.15, 0.2) is 0 Å². The molecular formula is C80H108O6. The number of phenols is 6. The summed E-state index contributed by atoms with van der Waals surface area (Å²) in [5.41, 5.74) is 17.1. The van der Waals surface area contributed by atoms with Crippen molar-refractivity contribution in [2.24, 2.45) is 0 Å². The van der Waals surface area contributed by atoms with Gasteiger partial charge in [-0.1, -0.05) is 163 Å². The summed E-state index contributed by atoms with van der Waals surface area (Å²) in [5.74, 6) is 2.26. The van der Waals surface area contributed by atoms with Gasteiger partial charge in [-0.2, -0.15) is 0 Å². The van der Waals surface area contributed by atoms with Crippen LogP contribution in [0.1, 0.15) is 320 Å². The molecule has 2 unspecified atom stereocenters. The number of benzene rings is 6. The van der Waals surface area contributed by atoms with Crippen LogP contribution >= 0.6 is 0 Å². The molecule has 3 fully saturated rings. The lowest BCUT2D eigenvalue weighted by Gasteiger charge is -2.44. The van der Waals surface area contributed by atoms with Gasteiger partial charge in [0.1, 0.15) is 34.5 Å². The van der Waals surface area contributed by atoms with Gasteiger partial charge < -0.3 is 30.6 Å². The normalized spacial score (nSPS) is 17.1. The highest BCUT2D eigenvalue weighted by Crippen LogP contribution is 2.57. The lowest BCUT2D eigenvalue weighted by molar-refractivity contribution is 0.347. The highest BCUT2D eigenvalue weighted by atomic mass is 16.3. The van der Waals surface area contributed by atoms with Gasteiger partial charge in [-0.15, -0.1) is 0 Å². The lowest BCUT2D eigenvalue weighted by Crippen LogP contribution is -2.35. The molecule has 3 aliphatic rings. The molecule has 3 aliphatic carbocycles. The largest absolute Gasteiger partial charge is 0.508 e. The number of hydrogen-bond acceptors (Lipinski definition) is 6. The van der Waals surface area contributed by atoms with Crippen LogP contribution in [0.25, 0.3) is 0 Å². The van der Waals surface area contributed by atoms with Crippen molar-refractivity contribution >= 4 is 0 Å². The minimum atomic E-state index is -0.778. The zero-order chi connectivity index (χ0) is 62.5. The van der Waals surface area contributed by atoms with Gasteiger partial charge in [-0.25, -0.2) is 0 Å². The molecule has 464 valence electrons. The molecule has 0 aromatic heterocycles. The average Bonchev–Trinajstić information content (AvgIpc) is 0.862. The molecule has 6 N–H and O–H groups in total. The molecule has 6 aromatic carbocycles. The SMILES string of the molecule is Cc1cc(O)c(C2CCCCC2)cc1C(C)CC(CC(CC(c1cc(C(C)(C)C)c(O)cc1C)c1cc(C(C)(C)C)c(O)cc1C)c1cc(C(C)(C)C)c(O)cc1C)(c1cc(C2CCCCC2)c(O)cc1C)c1cc(C2CCCCC2)c(O)cc1C. The Hall–Kier alpha value is -5.88. The lowest BCUT2D eigenvalue weighted by atomic mass is 9.59. The monoisotopic (exact) mass is 1160 g/mol. The molecule has 0 aliphatic heterocycles. The third-order valence-electron chi connectivity index (χ3n) is 21.4. The summed E-state index contributed by atoms with van der Waals surface area (Å²) in [6.45, 7) is 35.1. The Labute approximate surface area is 519 Å². The number of aromatic hydroxyl groups is 6. The maximum atomic E-state index is 12.4. The summed E-state index contributed by atoms with van der Waals surface area (Å²) < 4.78 is 0. The summed E-state index contributed by atoms with van der Waals surface area (Å²) >= 11 is 0. The van der Waals surface area contributed by atoms with Gasteiger partial charge in [0.25, 0.3) is 0 Å². The van der Waals surface area contributed by atoms with E-state index in [1.165, 1.54) is 41.5 Å². The Morgan fingerprint density at radius 1 is 0.337 bits per heavy atom. The summed E-state index contributed by atoms with van der Waals surface area (Å²) in [5, 5.41) is 72.7. The van der Waals surface area contributed by atoms with Crippen molar-refractivity contribution in [3.63, 3.8) is 0 Å². The van der Waals surface area contributed by atoms with E-state index in [1.54, 1.807) is 0 Å². The topological polar surface area (TPSA) is 121 Å². The molecule has 0 heterocycles.